The van der Waals surface area contributed by atoms with Gasteiger partial charge in [0.25, 0.3) is 0 Å². The molecule has 1 heterocycles. The van der Waals surface area contributed by atoms with Crippen molar-refractivity contribution in [3.63, 3.8) is 0 Å². The van der Waals surface area contributed by atoms with Crippen LogP contribution >= 0.6 is 12.2 Å². The number of thiocarbonyl (C=S) groups is 1. The topological polar surface area (TPSA) is 41.3 Å². The van der Waals surface area contributed by atoms with Crippen LogP contribution in [0.2, 0.25) is 0 Å². The van der Waals surface area contributed by atoms with Crippen molar-refractivity contribution in [3.8, 4) is 0 Å². The molecule has 0 fully saturated rings. The maximum Gasteiger partial charge on any atom is 0.169 e. The van der Waals surface area contributed by atoms with Crippen LogP contribution in [0.4, 0.5) is 5.69 Å². The molecule has 16 heavy (non-hydrogen) atoms. The number of anilines is 1. The number of nitrogens with one attached hydrogen (secondary N) is 1. The number of nitrogens with two attached hydrogens (primary N) is 1. The molecule has 0 radical (unpaired) electrons. The molecule has 0 unspecified atom stereocenters. The van der Waals surface area contributed by atoms with E-state index in [1.807, 2.05) is 6.07 Å². The smallest absolute Gasteiger partial charge is 0.169 e. The van der Waals surface area contributed by atoms with Crippen molar-refractivity contribution in [2.45, 2.75) is 19.9 Å². The van der Waals surface area contributed by atoms with Gasteiger partial charge in [0.1, 0.15) is 0 Å². The van der Waals surface area contributed by atoms with Gasteiger partial charge >= 0.3 is 0 Å². The molecule has 1 aromatic rings. The summed E-state index contributed by atoms with van der Waals surface area (Å²) >= 11 is 5.32. The fraction of sp³-hybridized carbons (Fsp3) is 0.417. The van der Waals surface area contributed by atoms with Crippen LogP contribution in [0.25, 0.3) is 0 Å². The van der Waals surface area contributed by atoms with Gasteiger partial charge in [-0.05, 0) is 48.8 Å². The van der Waals surface area contributed by atoms with Crippen LogP contribution in [0, 0.1) is 0 Å². The lowest BCUT2D eigenvalue weighted by molar-refractivity contribution is 0.388. The van der Waals surface area contributed by atoms with Gasteiger partial charge in [-0.1, -0.05) is 6.07 Å². The number of hydrogen-bond acceptors (Lipinski definition) is 2. The van der Waals surface area contributed by atoms with Crippen LogP contribution in [-0.4, -0.2) is 23.1 Å². The van der Waals surface area contributed by atoms with E-state index in [-0.39, 0.29) is 0 Å². The Kier molecular flexibility index (Phi) is 3.29. The normalized spacial score (nSPS) is 14.4. The lowest BCUT2D eigenvalue weighted by Crippen LogP contribution is -2.42. The third kappa shape index (κ3) is 2.27. The van der Waals surface area contributed by atoms with E-state index in [1.54, 1.807) is 0 Å². The van der Waals surface area contributed by atoms with Crippen molar-refractivity contribution in [3.05, 3.63) is 29.3 Å². The molecule has 3 nitrogen and oxygen atoms in total. The third-order valence-electron chi connectivity index (χ3n) is 2.86. The van der Waals surface area contributed by atoms with E-state index in [4.69, 9.17) is 18.0 Å². The Hall–Kier alpha value is -1.29. The summed E-state index contributed by atoms with van der Waals surface area (Å²) in [7, 11) is 0. The van der Waals surface area contributed by atoms with Crippen molar-refractivity contribution >= 4 is 23.0 Å². The Bertz CT molecular complexity index is 403. The largest absolute Gasteiger partial charge is 0.399 e. The zero-order chi connectivity index (χ0) is 11.5. The van der Waals surface area contributed by atoms with Crippen molar-refractivity contribution in [1.29, 1.82) is 0 Å². The molecule has 0 saturated carbocycles. The molecule has 1 aromatic carbocycles. The summed E-state index contributed by atoms with van der Waals surface area (Å²) in [5.74, 6) is 0. The molecule has 0 saturated heterocycles. The monoisotopic (exact) mass is 235 g/mol. The quantitative estimate of drug-likeness (QED) is 0.572. The fourth-order valence-corrected chi connectivity index (χ4v) is 2.31. The van der Waals surface area contributed by atoms with E-state index in [1.165, 1.54) is 11.1 Å². The fourth-order valence-electron chi connectivity index (χ4n) is 2.01. The molecule has 0 bridgehead atoms. The molecule has 3 N–H and O–H groups in total. The molecule has 0 aliphatic carbocycles. The Morgan fingerprint density at radius 2 is 2.31 bits per heavy atom. The minimum atomic E-state index is 0.829. The molecular weight excluding hydrogens is 218 g/mol. The Morgan fingerprint density at radius 3 is 3.06 bits per heavy atom. The van der Waals surface area contributed by atoms with E-state index in [2.05, 4.69) is 29.3 Å². The standard InChI is InChI=1S/C12H17N3S/c1-2-14-12(16)15-6-5-9-3-4-11(13)7-10(9)8-15/h3-4,7H,2,5-6,8,13H2,1H3,(H,14,16). The minimum absolute atomic E-state index is 0.829. The lowest BCUT2D eigenvalue weighted by atomic mass is 9.99. The van der Waals surface area contributed by atoms with Gasteiger partial charge in [-0.2, -0.15) is 0 Å². The predicted molar refractivity (Wildman–Crippen MR) is 71.2 cm³/mol. The van der Waals surface area contributed by atoms with E-state index < -0.39 is 0 Å². The Labute approximate surface area is 102 Å². The molecule has 2 rings (SSSR count). The van der Waals surface area contributed by atoms with Gasteiger partial charge in [0, 0.05) is 25.3 Å². The van der Waals surface area contributed by atoms with Gasteiger partial charge in [-0.3, -0.25) is 0 Å². The van der Waals surface area contributed by atoms with Crippen molar-refractivity contribution < 1.29 is 0 Å². The highest BCUT2D eigenvalue weighted by molar-refractivity contribution is 7.80. The summed E-state index contributed by atoms with van der Waals surface area (Å²) in [6.07, 6.45) is 1.04. The van der Waals surface area contributed by atoms with Crippen molar-refractivity contribution in [1.82, 2.24) is 10.2 Å². The van der Waals surface area contributed by atoms with E-state index in [9.17, 15) is 0 Å². The van der Waals surface area contributed by atoms with Gasteiger partial charge in [0.2, 0.25) is 0 Å². The van der Waals surface area contributed by atoms with E-state index >= 15 is 0 Å². The number of hydrogen-bond donors (Lipinski definition) is 2. The molecule has 1 aliphatic heterocycles. The van der Waals surface area contributed by atoms with Crippen molar-refractivity contribution in [2.24, 2.45) is 0 Å². The van der Waals surface area contributed by atoms with Crippen LogP contribution in [0.1, 0.15) is 18.1 Å². The van der Waals surface area contributed by atoms with E-state index in [0.717, 1.165) is 36.9 Å². The average molecular weight is 235 g/mol. The first-order chi connectivity index (χ1) is 7.70. The molecule has 0 amide bonds. The van der Waals surface area contributed by atoms with Gasteiger partial charge in [0.05, 0.1) is 0 Å². The van der Waals surface area contributed by atoms with Gasteiger partial charge < -0.3 is 16.0 Å². The first-order valence-corrected chi connectivity index (χ1v) is 6.01. The van der Waals surface area contributed by atoms with Crippen LogP contribution in [-0.2, 0) is 13.0 Å². The first kappa shape index (κ1) is 11.2. The second-order valence-corrected chi connectivity index (χ2v) is 4.42. The van der Waals surface area contributed by atoms with Gasteiger partial charge in [-0.15, -0.1) is 0 Å². The molecule has 86 valence electrons. The summed E-state index contributed by atoms with van der Waals surface area (Å²) < 4.78 is 0. The van der Waals surface area contributed by atoms with Crippen LogP contribution < -0.4 is 11.1 Å². The number of rotatable bonds is 1. The predicted octanol–water partition coefficient (Wildman–Crippen LogP) is 1.52. The molecule has 0 atom stereocenters. The maximum atomic E-state index is 5.80. The minimum Gasteiger partial charge on any atom is -0.399 e. The molecule has 4 heteroatoms. The highest BCUT2D eigenvalue weighted by Crippen LogP contribution is 2.21. The van der Waals surface area contributed by atoms with Crippen LogP contribution in [0.5, 0.6) is 0 Å². The first-order valence-electron chi connectivity index (χ1n) is 5.60. The Morgan fingerprint density at radius 1 is 1.50 bits per heavy atom. The zero-order valence-corrected chi connectivity index (χ0v) is 10.3. The summed E-state index contributed by atoms with van der Waals surface area (Å²) in [6, 6.07) is 6.14. The number of fused-ring (bicyclic) bond motifs is 1. The number of benzene rings is 1. The van der Waals surface area contributed by atoms with Crippen molar-refractivity contribution in [2.75, 3.05) is 18.8 Å². The van der Waals surface area contributed by atoms with Crippen LogP contribution in [0.3, 0.4) is 0 Å². The second-order valence-electron chi connectivity index (χ2n) is 4.04. The second kappa shape index (κ2) is 4.70. The molecule has 0 spiro atoms. The lowest BCUT2D eigenvalue weighted by Gasteiger charge is -2.31. The summed E-state index contributed by atoms with van der Waals surface area (Å²) in [6.45, 7) is 4.79. The highest BCUT2D eigenvalue weighted by atomic mass is 32.1. The van der Waals surface area contributed by atoms with Gasteiger partial charge in [0.15, 0.2) is 5.11 Å². The molecule has 0 aromatic heterocycles. The van der Waals surface area contributed by atoms with E-state index in [0.29, 0.717) is 0 Å². The summed E-state index contributed by atoms with van der Waals surface area (Å²) in [5, 5.41) is 4.03. The maximum absolute atomic E-state index is 5.80. The summed E-state index contributed by atoms with van der Waals surface area (Å²) in [5.41, 5.74) is 9.31. The average Bonchev–Trinajstić information content (AvgIpc) is 2.28. The van der Waals surface area contributed by atoms with Gasteiger partial charge in [-0.25, -0.2) is 0 Å². The zero-order valence-electron chi connectivity index (χ0n) is 9.49. The number of nitrogens with zero attached hydrogens (tertiary/aromatic N) is 1. The number of nitrogen functional groups attached to an aromatic ring is 1. The van der Waals surface area contributed by atoms with Crippen LogP contribution in [0.15, 0.2) is 18.2 Å². The summed E-state index contributed by atoms with van der Waals surface area (Å²) in [4.78, 5) is 2.20. The third-order valence-corrected chi connectivity index (χ3v) is 3.26. The molecular formula is C12H17N3S. The highest BCUT2D eigenvalue weighted by Gasteiger charge is 2.17. The SMILES string of the molecule is CCNC(=S)N1CCc2ccc(N)cc2C1. The molecule has 1 aliphatic rings. The Balaban J connectivity index is 2.13.